The molecule has 0 aliphatic carbocycles. The summed E-state index contributed by atoms with van der Waals surface area (Å²) in [5.41, 5.74) is 1.51. The minimum absolute atomic E-state index is 0.0642. The Hall–Kier alpha value is -1.68. The van der Waals surface area contributed by atoms with Gasteiger partial charge in [0.2, 0.25) is 0 Å². The first-order valence-electron chi connectivity index (χ1n) is 7.28. The van der Waals surface area contributed by atoms with Crippen LogP contribution in [-0.4, -0.2) is 5.91 Å². The van der Waals surface area contributed by atoms with Gasteiger partial charge in [-0.1, -0.05) is 44.2 Å². The number of hydrogen-bond donors (Lipinski definition) is 1. The zero-order valence-corrected chi connectivity index (χ0v) is 14.2. The number of halogens is 2. The normalized spacial score (nSPS) is 12.2. The second-order valence-electron chi connectivity index (χ2n) is 5.69. The molecule has 116 valence electrons. The smallest absolute Gasteiger partial charge is 0.252 e. The first-order valence-corrected chi connectivity index (χ1v) is 8.07. The minimum atomic E-state index is -0.370. The van der Waals surface area contributed by atoms with Gasteiger partial charge in [-0.05, 0) is 52.0 Å². The SMILES string of the molecule is CC(C)CC(NC(=O)c1ccc(F)cc1Br)c1ccccc1. The Kier molecular flexibility index (Phi) is 5.72. The molecule has 22 heavy (non-hydrogen) atoms. The molecule has 1 N–H and O–H groups in total. The average Bonchev–Trinajstić information content (AvgIpc) is 2.46. The lowest BCUT2D eigenvalue weighted by Crippen LogP contribution is -2.29. The number of nitrogens with one attached hydrogen (secondary N) is 1. The van der Waals surface area contributed by atoms with Crippen molar-refractivity contribution in [2.24, 2.45) is 5.92 Å². The van der Waals surface area contributed by atoms with Crippen LogP contribution < -0.4 is 5.32 Å². The van der Waals surface area contributed by atoms with Crippen LogP contribution >= 0.6 is 15.9 Å². The molecule has 1 atom stereocenters. The molecule has 2 aromatic carbocycles. The standard InChI is InChI=1S/C18H19BrFNO/c1-12(2)10-17(13-6-4-3-5-7-13)21-18(22)15-9-8-14(20)11-16(15)19/h3-9,11-12,17H,10H2,1-2H3,(H,21,22). The van der Waals surface area contributed by atoms with Crippen LogP contribution in [0.25, 0.3) is 0 Å². The molecule has 0 fully saturated rings. The zero-order valence-electron chi connectivity index (χ0n) is 12.6. The summed E-state index contributed by atoms with van der Waals surface area (Å²) in [6, 6.07) is 13.9. The Balaban J connectivity index is 2.21. The van der Waals surface area contributed by atoms with Crippen LogP contribution in [0.4, 0.5) is 4.39 Å². The van der Waals surface area contributed by atoms with Gasteiger partial charge in [0.05, 0.1) is 11.6 Å². The molecule has 0 heterocycles. The van der Waals surface area contributed by atoms with Crippen LogP contribution in [0.2, 0.25) is 0 Å². The first-order chi connectivity index (χ1) is 10.5. The van der Waals surface area contributed by atoms with Crippen molar-refractivity contribution < 1.29 is 9.18 Å². The third-order valence-electron chi connectivity index (χ3n) is 3.39. The molecular formula is C18H19BrFNO. The van der Waals surface area contributed by atoms with Crippen molar-refractivity contribution in [2.75, 3.05) is 0 Å². The molecule has 0 bridgehead atoms. The molecule has 0 aromatic heterocycles. The van der Waals surface area contributed by atoms with Crippen molar-refractivity contribution in [2.45, 2.75) is 26.3 Å². The highest BCUT2D eigenvalue weighted by Crippen LogP contribution is 2.23. The molecule has 0 saturated heterocycles. The summed E-state index contributed by atoms with van der Waals surface area (Å²) in [6.45, 7) is 4.24. The molecule has 0 aliphatic rings. The maximum absolute atomic E-state index is 13.1. The summed E-state index contributed by atoms with van der Waals surface area (Å²) in [6.07, 6.45) is 0.842. The van der Waals surface area contributed by atoms with Gasteiger partial charge < -0.3 is 5.32 Å². The fraction of sp³-hybridized carbons (Fsp3) is 0.278. The Bertz CT molecular complexity index is 643. The summed E-state index contributed by atoms with van der Waals surface area (Å²) in [4.78, 5) is 12.5. The van der Waals surface area contributed by atoms with Gasteiger partial charge in [0.25, 0.3) is 5.91 Å². The summed E-state index contributed by atoms with van der Waals surface area (Å²) in [7, 11) is 0. The highest BCUT2D eigenvalue weighted by Gasteiger charge is 2.18. The van der Waals surface area contributed by atoms with E-state index in [9.17, 15) is 9.18 Å². The predicted molar refractivity (Wildman–Crippen MR) is 90.2 cm³/mol. The lowest BCUT2D eigenvalue weighted by Gasteiger charge is -2.21. The molecular weight excluding hydrogens is 345 g/mol. The molecule has 2 aromatic rings. The van der Waals surface area contributed by atoms with Crippen LogP contribution in [0, 0.1) is 11.7 Å². The van der Waals surface area contributed by atoms with Gasteiger partial charge in [0.15, 0.2) is 0 Å². The van der Waals surface area contributed by atoms with Crippen molar-refractivity contribution >= 4 is 21.8 Å². The topological polar surface area (TPSA) is 29.1 Å². The number of rotatable bonds is 5. The van der Waals surface area contributed by atoms with E-state index in [-0.39, 0.29) is 17.8 Å². The monoisotopic (exact) mass is 363 g/mol. The predicted octanol–water partition coefficient (Wildman–Crippen LogP) is 5.11. The first kappa shape index (κ1) is 16.7. The maximum Gasteiger partial charge on any atom is 0.252 e. The Morgan fingerprint density at radius 2 is 1.86 bits per heavy atom. The summed E-state index contributed by atoms with van der Waals surface area (Å²) in [5, 5.41) is 3.05. The van der Waals surface area contributed by atoms with Crippen LogP contribution in [0.3, 0.4) is 0 Å². The fourth-order valence-corrected chi connectivity index (χ4v) is 2.88. The molecule has 0 aliphatic heterocycles. The maximum atomic E-state index is 13.1. The van der Waals surface area contributed by atoms with E-state index in [1.807, 2.05) is 30.3 Å². The molecule has 2 rings (SSSR count). The van der Waals surface area contributed by atoms with Gasteiger partial charge in [0, 0.05) is 4.47 Å². The largest absolute Gasteiger partial charge is 0.345 e. The van der Waals surface area contributed by atoms with Crippen LogP contribution in [0.1, 0.15) is 42.2 Å². The van der Waals surface area contributed by atoms with E-state index in [4.69, 9.17) is 0 Å². The summed E-state index contributed by atoms with van der Waals surface area (Å²) < 4.78 is 13.6. The van der Waals surface area contributed by atoms with Crippen molar-refractivity contribution in [3.05, 3.63) is 69.9 Å². The molecule has 0 radical (unpaired) electrons. The quantitative estimate of drug-likeness (QED) is 0.785. The van der Waals surface area contributed by atoms with E-state index < -0.39 is 0 Å². The van der Waals surface area contributed by atoms with E-state index in [1.54, 1.807) is 0 Å². The highest BCUT2D eigenvalue weighted by atomic mass is 79.9. The van der Waals surface area contributed by atoms with Crippen molar-refractivity contribution in [1.82, 2.24) is 5.32 Å². The van der Waals surface area contributed by atoms with Crippen molar-refractivity contribution in [3.63, 3.8) is 0 Å². The van der Waals surface area contributed by atoms with E-state index >= 15 is 0 Å². The van der Waals surface area contributed by atoms with Crippen LogP contribution in [0.15, 0.2) is 53.0 Å². The van der Waals surface area contributed by atoms with Gasteiger partial charge in [-0.2, -0.15) is 0 Å². The van der Waals surface area contributed by atoms with Gasteiger partial charge >= 0.3 is 0 Å². The lowest BCUT2D eigenvalue weighted by molar-refractivity contribution is 0.0931. The third-order valence-corrected chi connectivity index (χ3v) is 4.05. The molecule has 2 nitrogen and oxygen atoms in total. The third kappa shape index (κ3) is 4.41. The van der Waals surface area contributed by atoms with Gasteiger partial charge in [-0.3, -0.25) is 4.79 Å². The number of hydrogen-bond acceptors (Lipinski definition) is 1. The van der Waals surface area contributed by atoms with Crippen LogP contribution in [-0.2, 0) is 0 Å². The van der Waals surface area contributed by atoms with Gasteiger partial charge in [-0.15, -0.1) is 0 Å². The van der Waals surface area contributed by atoms with Gasteiger partial charge in [0.1, 0.15) is 5.82 Å². The average molecular weight is 364 g/mol. The van der Waals surface area contributed by atoms with E-state index in [1.165, 1.54) is 18.2 Å². The van der Waals surface area contributed by atoms with E-state index in [2.05, 4.69) is 35.1 Å². The molecule has 0 saturated carbocycles. The Labute approximate surface area is 138 Å². The fourth-order valence-electron chi connectivity index (χ4n) is 2.34. The highest BCUT2D eigenvalue weighted by molar-refractivity contribution is 9.10. The lowest BCUT2D eigenvalue weighted by atomic mass is 9.96. The minimum Gasteiger partial charge on any atom is -0.345 e. The van der Waals surface area contributed by atoms with Crippen molar-refractivity contribution in [3.8, 4) is 0 Å². The molecule has 1 unspecified atom stereocenters. The van der Waals surface area contributed by atoms with Crippen molar-refractivity contribution in [1.29, 1.82) is 0 Å². The number of carbonyl (C=O) groups excluding carboxylic acids is 1. The Morgan fingerprint density at radius 1 is 1.18 bits per heavy atom. The van der Waals surface area contributed by atoms with Gasteiger partial charge in [-0.25, -0.2) is 4.39 Å². The Morgan fingerprint density at radius 3 is 2.45 bits per heavy atom. The number of carbonyl (C=O) groups is 1. The molecule has 0 spiro atoms. The zero-order chi connectivity index (χ0) is 16.1. The molecule has 1 amide bonds. The second kappa shape index (κ2) is 7.54. The van der Waals surface area contributed by atoms with E-state index in [0.29, 0.717) is 16.0 Å². The number of amides is 1. The summed E-state index contributed by atoms with van der Waals surface area (Å²) in [5.74, 6) is -0.131. The van der Waals surface area contributed by atoms with Crippen LogP contribution in [0.5, 0.6) is 0 Å². The summed E-state index contributed by atoms with van der Waals surface area (Å²) >= 11 is 3.24. The van der Waals surface area contributed by atoms with E-state index in [0.717, 1.165) is 12.0 Å². The molecule has 4 heteroatoms. The number of benzene rings is 2. The second-order valence-corrected chi connectivity index (χ2v) is 6.54.